The number of hydrogen-bond acceptors (Lipinski definition) is 2. The summed E-state index contributed by atoms with van der Waals surface area (Å²) in [6.45, 7) is 0.236. The molecule has 0 unspecified atom stereocenters. The lowest BCUT2D eigenvalue weighted by molar-refractivity contribution is -0.138. The molecule has 0 aliphatic heterocycles. The van der Waals surface area contributed by atoms with Gasteiger partial charge in [-0.2, -0.15) is 13.2 Å². The summed E-state index contributed by atoms with van der Waals surface area (Å²) in [7, 11) is 0. The van der Waals surface area contributed by atoms with Crippen LogP contribution in [0.3, 0.4) is 0 Å². The molecule has 0 aromatic heterocycles. The fraction of sp³-hybridized carbons (Fsp3) is 0.143. The first kappa shape index (κ1) is 20.8. The van der Waals surface area contributed by atoms with Crippen molar-refractivity contribution in [1.82, 2.24) is 0 Å². The molecule has 142 valence electrons. The summed E-state index contributed by atoms with van der Waals surface area (Å²) in [4.78, 5) is 0. The second-order valence-corrected chi connectivity index (χ2v) is 5.88. The maximum Gasteiger partial charge on any atom is 0.416 e. The number of halogens is 4. The highest BCUT2D eigenvalue weighted by Crippen LogP contribution is 2.35. The molecule has 0 radical (unpaired) electrons. The average molecular weight is 394 g/mol. The molecular formula is C21H19ClF3NO. The largest absolute Gasteiger partial charge is 0.489 e. The molecule has 0 spiro atoms. The van der Waals surface area contributed by atoms with Crippen LogP contribution in [0.25, 0.3) is 11.1 Å². The number of benzene rings is 3. The Balaban J connectivity index is 0.00000261. The van der Waals surface area contributed by atoms with Crippen LogP contribution in [0.2, 0.25) is 0 Å². The van der Waals surface area contributed by atoms with Crippen LogP contribution in [0.1, 0.15) is 16.7 Å². The van der Waals surface area contributed by atoms with Crippen molar-refractivity contribution in [2.75, 3.05) is 0 Å². The zero-order valence-corrected chi connectivity index (χ0v) is 15.2. The summed E-state index contributed by atoms with van der Waals surface area (Å²) < 4.78 is 45.5. The Hall–Kier alpha value is -2.50. The third-order valence-electron chi connectivity index (χ3n) is 4.05. The van der Waals surface area contributed by atoms with Crippen LogP contribution >= 0.6 is 12.4 Å². The van der Waals surface area contributed by atoms with Gasteiger partial charge in [-0.3, -0.25) is 0 Å². The van der Waals surface area contributed by atoms with Crippen molar-refractivity contribution in [3.8, 4) is 16.9 Å². The molecule has 0 atom stereocenters. The van der Waals surface area contributed by atoms with E-state index in [-0.39, 0.29) is 24.5 Å². The van der Waals surface area contributed by atoms with Crippen molar-refractivity contribution in [3.63, 3.8) is 0 Å². The van der Waals surface area contributed by atoms with Crippen LogP contribution in [-0.2, 0) is 19.3 Å². The predicted octanol–water partition coefficient (Wildman–Crippen LogP) is 5.83. The number of ether oxygens (including phenoxy) is 1. The molecule has 3 rings (SSSR count). The lowest BCUT2D eigenvalue weighted by Crippen LogP contribution is -2.12. The van der Waals surface area contributed by atoms with Gasteiger partial charge in [0.25, 0.3) is 0 Å². The zero-order valence-electron chi connectivity index (χ0n) is 14.4. The van der Waals surface area contributed by atoms with Gasteiger partial charge in [0.15, 0.2) is 0 Å². The SMILES string of the molecule is Cl.NCc1ccc(-c2cccc(OCc3ccccc3)c2)cc1C(F)(F)F. The molecule has 6 heteroatoms. The first-order valence-electron chi connectivity index (χ1n) is 8.15. The van der Waals surface area contributed by atoms with E-state index in [4.69, 9.17) is 10.5 Å². The third-order valence-corrected chi connectivity index (χ3v) is 4.05. The lowest BCUT2D eigenvalue weighted by atomic mass is 9.98. The van der Waals surface area contributed by atoms with Crippen LogP contribution in [-0.4, -0.2) is 0 Å². The van der Waals surface area contributed by atoms with Crippen LogP contribution < -0.4 is 10.5 Å². The van der Waals surface area contributed by atoms with E-state index in [1.807, 2.05) is 30.3 Å². The Kier molecular flexibility index (Phi) is 6.88. The van der Waals surface area contributed by atoms with Crippen molar-refractivity contribution >= 4 is 12.4 Å². The molecule has 3 aromatic rings. The molecule has 0 aliphatic rings. The van der Waals surface area contributed by atoms with Crippen molar-refractivity contribution in [2.45, 2.75) is 19.3 Å². The molecule has 0 aliphatic carbocycles. The van der Waals surface area contributed by atoms with Gasteiger partial charge in [-0.05, 0) is 40.5 Å². The van der Waals surface area contributed by atoms with E-state index in [0.717, 1.165) is 11.6 Å². The minimum atomic E-state index is -4.44. The molecule has 27 heavy (non-hydrogen) atoms. The van der Waals surface area contributed by atoms with E-state index < -0.39 is 11.7 Å². The van der Waals surface area contributed by atoms with Gasteiger partial charge in [-0.25, -0.2) is 0 Å². The number of hydrogen-bond donors (Lipinski definition) is 1. The Bertz CT molecular complexity index is 882. The average Bonchev–Trinajstić information content (AvgIpc) is 2.66. The Labute approximate surface area is 162 Å². The molecule has 0 fully saturated rings. The van der Waals surface area contributed by atoms with Gasteiger partial charge >= 0.3 is 6.18 Å². The minimum Gasteiger partial charge on any atom is -0.489 e. The van der Waals surface area contributed by atoms with Gasteiger partial charge in [0, 0.05) is 6.54 Å². The molecule has 3 aromatic carbocycles. The van der Waals surface area contributed by atoms with Crippen molar-refractivity contribution in [3.05, 3.63) is 89.5 Å². The number of alkyl halides is 3. The van der Waals surface area contributed by atoms with Crippen LogP contribution in [0, 0.1) is 0 Å². The predicted molar refractivity (Wildman–Crippen MR) is 103 cm³/mol. The molecule has 0 saturated heterocycles. The monoisotopic (exact) mass is 393 g/mol. The summed E-state index contributed by atoms with van der Waals surface area (Å²) in [6.07, 6.45) is -4.44. The molecule has 0 bridgehead atoms. The summed E-state index contributed by atoms with van der Waals surface area (Å²) in [6, 6.07) is 20.9. The Morgan fingerprint density at radius 3 is 2.19 bits per heavy atom. The molecule has 2 nitrogen and oxygen atoms in total. The van der Waals surface area contributed by atoms with Gasteiger partial charge < -0.3 is 10.5 Å². The number of rotatable bonds is 5. The van der Waals surface area contributed by atoms with E-state index >= 15 is 0 Å². The third kappa shape index (κ3) is 5.25. The van der Waals surface area contributed by atoms with E-state index in [9.17, 15) is 13.2 Å². The minimum absolute atomic E-state index is 0. The molecule has 2 N–H and O–H groups in total. The van der Waals surface area contributed by atoms with Crippen LogP contribution in [0.4, 0.5) is 13.2 Å². The summed E-state index contributed by atoms with van der Waals surface area (Å²) >= 11 is 0. The van der Waals surface area contributed by atoms with Gasteiger partial charge in [-0.1, -0.05) is 54.6 Å². The zero-order chi connectivity index (χ0) is 18.6. The highest BCUT2D eigenvalue weighted by atomic mass is 35.5. The fourth-order valence-corrected chi connectivity index (χ4v) is 2.70. The van der Waals surface area contributed by atoms with Crippen LogP contribution in [0.15, 0.2) is 72.8 Å². The first-order chi connectivity index (χ1) is 12.5. The van der Waals surface area contributed by atoms with Crippen molar-refractivity contribution in [1.29, 1.82) is 0 Å². The molecular weight excluding hydrogens is 375 g/mol. The normalized spacial score (nSPS) is 11.0. The maximum absolute atomic E-state index is 13.2. The Morgan fingerprint density at radius 2 is 1.52 bits per heavy atom. The van der Waals surface area contributed by atoms with E-state index in [1.54, 1.807) is 30.3 Å². The quantitative estimate of drug-likeness (QED) is 0.591. The van der Waals surface area contributed by atoms with Crippen molar-refractivity contribution < 1.29 is 17.9 Å². The second kappa shape index (κ2) is 8.93. The topological polar surface area (TPSA) is 35.2 Å². The van der Waals surface area contributed by atoms with Gasteiger partial charge in [0.1, 0.15) is 12.4 Å². The standard InChI is InChI=1S/C21H18F3NO.ClH/c22-21(23,24)20-12-17(9-10-18(20)13-25)16-7-4-8-19(11-16)26-14-15-5-2-1-3-6-15;/h1-12H,13-14,25H2;1H. The highest BCUT2D eigenvalue weighted by Gasteiger charge is 2.33. The smallest absolute Gasteiger partial charge is 0.416 e. The molecule has 0 heterocycles. The Morgan fingerprint density at radius 1 is 0.815 bits per heavy atom. The highest BCUT2D eigenvalue weighted by molar-refractivity contribution is 5.85. The number of nitrogens with two attached hydrogens (primary N) is 1. The molecule has 0 saturated carbocycles. The second-order valence-electron chi connectivity index (χ2n) is 5.88. The van der Waals surface area contributed by atoms with Gasteiger partial charge in [-0.15, -0.1) is 12.4 Å². The van der Waals surface area contributed by atoms with E-state index in [1.165, 1.54) is 6.07 Å². The first-order valence-corrected chi connectivity index (χ1v) is 8.15. The van der Waals surface area contributed by atoms with E-state index in [2.05, 4.69) is 0 Å². The van der Waals surface area contributed by atoms with Crippen LogP contribution in [0.5, 0.6) is 5.75 Å². The van der Waals surface area contributed by atoms with Gasteiger partial charge in [0.05, 0.1) is 5.56 Å². The molecule has 0 amide bonds. The van der Waals surface area contributed by atoms with Crippen molar-refractivity contribution in [2.24, 2.45) is 5.73 Å². The maximum atomic E-state index is 13.2. The fourth-order valence-electron chi connectivity index (χ4n) is 2.70. The van der Waals surface area contributed by atoms with Gasteiger partial charge in [0.2, 0.25) is 0 Å². The lowest BCUT2D eigenvalue weighted by Gasteiger charge is -2.14. The van der Waals surface area contributed by atoms with E-state index in [0.29, 0.717) is 23.5 Å². The summed E-state index contributed by atoms with van der Waals surface area (Å²) in [5.41, 5.74) is 6.96. The summed E-state index contributed by atoms with van der Waals surface area (Å²) in [5.74, 6) is 0.600. The summed E-state index contributed by atoms with van der Waals surface area (Å²) in [5, 5.41) is 0.